The smallest absolute Gasteiger partial charge is 0.143 e. The van der Waals surface area contributed by atoms with Crippen molar-refractivity contribution in [1.82, 2.24) is 10.3 Å². The van der Waals surface area contributed by atoms with Crippen LogP contribution in [-0.4, -0.2) is 18.1 Å². The van der Waals surface area contributed by atoms with Gasteiger partial charge in [0.25, 0.3) is 0 Å². The molecule has 0 bridgehead atoms. The third-order valence-corrected chi connectivity index (χ3v) is 2.17. The second kappa shape index (κ2) is 2.92. The summed E-state index contributed by atoms with van der Waals surface area (Å²) in [5, 5.41) is 11.9. The monoisotopic (exact) mass is 159 g/mol. The van der Waals surface area contributed by atoms with Crippen LogP contribution in [0.15, 0.2) is 18.3 Å². The van der Waals surface area contributed by atoms with Crippen LogP contribution >= 0.6 is 0 Å². The SMILES string of the molecule is N#Cc1ncccc1C1CNC1. The topological polar surface area (TPSA) is 48.7 Å². The Morgan fingerprint density at radius 1 is 1.58 bits per heavy atom. The summed E-state index contributed by atoms with van der Waals surface area (Å²) in [5.41, 5.74) is 1.66. The summed E-state index contributed by atoms with van der Waals surface area (Å²) in [5.74, 6) is 0.494. The van der Waals surface area contributed by atoms with Gasteiger partial charge in [0.15, 0.2) is 0 Å². The van der Waals surface area contributed by atoms with Gasteiger partial charge in [-0.1, -0.05) is 6.07 Å². The van der Waals surface area contributed by atoms with Crippen molar-refractivity contribution in [2.24, 2.45) is 0 Å². The summed E-state index contributed by atoms with van der Waals surface area (Å²) in [4.78, 5) is 4.01. The lowest BCUT2D eigenvalue weighted by Crippen LogP contribution is -2.40. The van der Waals surface area contributed by atoms with E-state index in [1.54, 1.807) is 6.20 Å². The Bertz CT molecular complexity index is 323. The largest absolute Gasteiger partial charge is 0.315 e. The molecule has 60 valence electrons. The van der Waals surface area contributed by atoms with Crippen molar-refractivity contribution in [3.8, 4) is 6.07 Å². The lowest BCUT2D eigenvalue weighted by Gasteiger charge is -2.27. The molecule has 12 heavy (non-hydrogen) atoms. The Balaban J connectivity index is 2.35. The predicted octanol–water partition coefficient (Wildman–Crippen LogP) is 0.640. The zero-order chi connectivity index (χ0) is 8.39. The molecule has 0 amide bonds. The maximum atomic E-state index is 8.75. The highest BCUT2D eigenvalue weighted by atomic mass is 14.9. The molecule has 1 fully saturated rings. The van der Waals surface area contributed by atoms with E-state index in [0.717, 1.165) is 18.7 Å². The van der Waals surface area contributed by atoms with Gasteiger partial charge in [-0.05, 0) is 11.6 Å². The minimum atomic E-state index is 0.494. The molecule has 1 aromatic rings. The van der Waals surface area contributed by atoms with E-state index in [2.05, 4.69) is 16.4 Å². The van der Waals surface area contributed by atoms with Crippen LogP contribution in [0.4, 0.5) is 0 Å². The van der Waals surface area contributed by atoms with Gasteiger partial charge in [0.05, 0.1) is 0 Å². The van der Waals surface area contributed by atoms with E-state index in [4.69, 9.17) is 5.26 Å². The molecule has 0 aliphatic carbocycles. The Labute approximate surface area is 71.0 Å². The average molecular weight is 159 g/mol. The van der Waals surface area contributed by atoms with Crippen LogP contribution in [0.2, 0.25) is 0 Å². The second-order valence-corrected chi connectivity index (χ2v) is 2.91. The van der Waals surface area contributed by atoms with E-state index in [1.165, 1.54) is 0 Å². The standard InChI is InChI=1S/C9H9N3/c10-4-9-8(2-1-3-12-9)7-5-11-6-7/h1-3,7,11H,5-6H2. The molecule has 3 heteroatoms. The van der Waals surface area contributed by atoms with Crippen LogP contribution < -0.4 is 5.32 Å². The van der Waals surface area contributed by atoms with E-state index in [0.29, 0.717) is 11.6 Å². The molecule has 2 rings (SSSR count). The van der Waals surface area contributed by atoms with E-state index in [-0.39, 0.29) is 0 Å². The Hall–Kier alpha value is -1.40. The number of hydrogen-bond donors (Lipinski definition) is 1. The zero-order valence-electron chi connectivity index (χ0n) is 6.62. The Morgan fingerprint density at radius 3 is 3.00 bits per heavy atom. The molecule has 0 radical (unpaired) electrons. The molecular weight excluding hydrogens is 150 g/mol. The first-order valence-corrected chi connectivity index (χ1v) is 3.97. The first-order valence-electron chi connectivity index (χ1n) is 3.97. The van der Waals surface area contributed by atoms with Gasteiger partial charge < -0.3 is 5.32 Å². The van der Waals surface area contributed by atoms with Gasteiger partial charge in [0.1, 0.15) is 11.8 Å². The summed E-state index contributed by atoms with van der Waals surface area (Å²) < 4.78 is 0. The Kier molecular flexibility index (Phi) is 1.77. The van der Waals surface area contributed by atoms with Gasteiger partial charge in [-0.3, -0.25) is 0 Å². The highest BCUT2D eigenvalue weighted by Gasteiger charge is 2.21. The maximum absolute atomic E-state index is 8.75. The number of nitrogens with one attached hydrogen (secondary N) is 1. The summed E-state index contributed by atoms with van der Waals surface area (Å²) in [7, 11) is 0. The molecule has 0 saturated carbocycles. The summed E-state index contributed by atoms with van der Waals surface area (Å²) >= 11 is 0. The lowest BCUT2D eigenvalue weighted by molar-refractivity contribution is 0.446. The molecule has 0 spiro atoms. The normalized spacial score (nSPS) is 16.6. The van der Waals surface area contributed by atoms with Crippen molar-refractivity contribution in [1.29, 1.82) is 5.26 Å². The molecule has 0 aromatic carbocycles. The molecular formula is C9H9N3. The van der Waals surface area contributed by atoms with E-state index >= 15 is 0 Å². The quantitative estimate of drug-likeness (QED) is 0.654. The number of pyridine rings is 1. The van der Waals surface area contributed by atoms with Crippen LogP contribution in [0, 0.1) is 11.3 Å². The molecule has 2 heterocycles. The third-order valence-electron chi connectivity index (χ3n) is 2.17. The molecule has 1 aliphatic heterocycles. The molecule has 0 unspecified atom stereocenters. The number of hydrogen-bond acceptors (Lipinski definition) is 3. The average Bonchev–Trinajstić information content (AvgIpc) is 2.02. The van der Waals surface area contributed by atoms with Crippen LogP contribution in [0.3, 0.4) is 0 Å². The third kappa shape index (κ3) is 1.06. The minimum Gasteiger partial charge on any atom is -0.315 e. The van der Waals surface area contributed by atoms with Gasteiger partial charge >= 0.3 is 0 Å². The molecule has 0 atom stereocenters. The fraction of sp³-hybridized carbons (Fsp3) is 0.333. The van der Waals surface area contributed by atoms with Crippen molar-refractivity contribution in [2.45, 2.75) is 5.92 Å². The van der Waals surface area contributed by atoms with Gasteiger partial charge in [-0.2, -0.15) is 5.26 Å². The van der Waals surface area contributed by atoms with Crippen molar-refractivity contribution in [3.05, 3.63) is 29.6 Å². The van der Waals surface area contributed by atoms with Crippen molar-refractivity contribution >= 4 is 0 Å². The van der Waals surface area contributed by atoms with Crippen molar-refractivity contribution < 1.29 is 0 Å². The van der Waals surface area contributed by atoms with Crippen molar-refractivity contribution in [3.63, 3.8) is 0 Å². The highest BCUT2D eigenvalue weighted by Crippen LogP contribution is 2.21. The van der Waals surface area contributed by atoms with Gasteiger partial charge in [-0.25, -0.2) is 4.98 Å². The number of nitriles is 1. The molecule has 3 nitrogen and oxygen atoms in total. The van der Waals surface area contributed by atoms with Gasteiger partial charge in [0.2, 0.25) is 0 Å². The maximum Gasteiger partial charge on any atom is 0.143 e. The molecule has 1 aromatic heterocycles. The van der Waals surface area contributed by atoms with Crippen LogP contribution in [-0.2, 0) is 0 Å². The number of nitrogens with zero attached hydrogens (tertiary/aromatic N) is 2. The van der Waals surface area contributed by atoms with Crippen LogP contribution in [0.5, 0.6) is 0 Å². The van der Waals surface area contributed by atoms with Gasteiger partial charge in [-0.15, -0.1) is 0 Å². The molecule has 1 aliphatic rings. The Morgan fingerprint density at radius 2 is 2.42 bits per heavy atom. The summed E-state index contributed by atoms with van der Waals surface area (Å²) in [6.07, 6.45) is 1.66. The molecule has 1 saturated heterocycles. The van der Waals surface area contributed by atoms with Crippen LogP contribution in [0.1, 0.15) is 17.2 Å². The lowest BCUT2D eigenvalue weighted by atomic mass is 9.93. The second-order valence-electron chi connectivity index (χ2n) is 2.91. The number of aromatic nitrogens is 1. The first kappa shape index (κ1) is 7.26. The van der Waals surface area contributed by atoms with Crippen molar-refractivity contribution in [2.75, 3.05) is 13.1 Å². The minimum absolute atomic E-state index is 0.494. The number of rotatable bonds is 1. The molecule has 1 N–H and O–H groups in total. The highest BCUT2D eigenvalue weighted by molar-refractivity contribution is 5.35. The fourth-order valence-corrected chi connectivity index (χ4v) is 1.35. The van der Waals surface area contributed by atoms with E-state index < -0.39 is 0 Å². The fourth-order valence-electron chi connectivity index (χ4n) is 1.35. The summed E-state index contributed by atoms with van der Waals surface area (Å²) in [6, 6.07) is 5.97. The van der Waals surface area contributed by atoms with E-state index in [1.807, 2.05) is 12.1 Å². The zero-order valence-corrected chi connectivity index (χ0v) is 6.62. The van der Waals surface area contributed by atoms with Crippen LogP contribution in [0.25, 0.3) is 0 Å². The van der Waals surface area contributed by atoms with Gasteiger partial charge in [0, 0.05) is 25.2 Å². The van der Waals surface area contributed by atoms with E-state index in [9.17, 15) is 0 Å². The summed E-state index contributed by atoms with van der Waals surface area (Å²) in [6.45, 7) is 1.95. The predicted molar refractivity (Wildman–Crippen MR) is 44.6 cm³/mol. The first-order chi connectivity index (χ1) is 5.92.